The fourth-order valence-electron chi connectivity index (χ4n) is 0.759. The van der Waals surface area contributed by atoms with E-state index in [0.717, 1.165) is 0 Å². The molecule has 0 amide bonds. The Bertz CT molecular complexity index is 306. The summed E-state index contributed by atoms with van der Waals surface area (Å²) in [6.45, 7) is 0.0295. The van der Waals surface area contributed by atoms with Crippen LogP contribution in [0, 0.1) is 5.82 Å². The summed E-state index contributed by atoms with van der Waals surface area (Å²) >= 11 is 8.78. The van der Waals surface area contributed by atoms with Crippen LogP contribution in [0.15, 0.2) is 16.6 Å². The predicted molar refractivity (Wildman–Crippen MR) is 51.6 cm³/mol. The summed E-state index contributed by atoms with van der Waals surface area (Å²) in [6, 6.07) is 2.68. The molecule has 1 rings (SSSR count). The van der Waals surface area contributed by atoms with Crippen molar-refractivity contribution in [1.82, 2.24) is 0 Å². The van der Waals surface area contributed by atoms with Crippen LogP contribution in [0.5, 0.6) is 5.75 Å². The van der Waals surface area contributed by atoms with Gasteiger partial charge < -0.3 is 9.47 Å². The Morgan fingerprint density at radius 2 is 2.23 bits per heavy atom. The first kappa shape index (κ1) is 10.8. The van der Waals surface area contributed by atoms with E-state index in [4.69, 9.17) is 16.3 Å². The second-order valence-electron chi connectivity index (χ2n) is 2.22. The number of benzene rings is 1. The number of ether oxygens (including phenoxy) is 2. The molecule has 13 heavy (non-hydrogen) atoms. The normalized spacial score (nSPS) is 10.2. The van der Waals surface area contributed by atoms with Gasteiger partial charge in [0.15, 0.2) is 12.5 Å². The Hall–Kier alpha value is -0.320. The number of hydrogen-bond acceptors (Lipinski definition) is 2. The second kappa shape index (κ2) is 4.79. The van der Waals surface area contributed by atoms with Crippen LogP contribution in [-0.4, -0.2) is 13.9 Å². The van der Waals surface area contributed by atoms with E-state index in [1.54, 1.807) is 0 Å². The molecule has 0 saturated heterocycles. The molecule has 0 heterocycles. The van der Waals surface area contributed by atoms with Crippen molar-refractivity contribution in [3.05, 3.63) is 27.4 Å². The van der Waals surface area contributed by atoms with E-state index in [9.17, 15) is 4.39 Å². The molecule has 0 fully saturated rings. The van der Waals surface area contributed by atoms with E-state index in [0.29, 0.717) is 5.02 Å². The first-order chi connectivity index (χ1) is 6.16. The number of methoxy groups -OCH3 is 1. The van der Waals surface area contributed by atoms with E-state index in [1.165, 1.54) is 19.2 Å². The van der Waals surface area contributed by atoms with Crippen molar-refractivity contribution in [3.63, 3.8) is 0 Å². The minimum Gasteiger partial charge on any atom is -0.465 e. The molecule has 2 nitrogen and oxygen atoms in total. The lowest BCUT2D eigenvalue weighted by molar-refractivity contribution is 0.0504. The third-order valence-corrected chi connectivity index (χ3v) is 2.36. The van der Waals surface area contributed by atoms with Gasteiger partial charge in [-0.2, -0.15) is 0 Å². The summed E-state index contributed by atoms with van der Waals surface area (Å²) in [5.41, 5.74) is 0. The first-order valence-electron chi connectivity index (χ1n) is 3.42. The zero-order chi connectivity index (χ0) is 9.84. The highest BCUT2D eigenvalue weighted by Crippen LogP contribution is 2.34. The van der Waals surface area contributed by atoms with E-state index in [2.05, 4.69) is 20.7 Å². The van der Waals surface area contributed by atoms with Crippen LogP contribution >= 0.6 is 27.5 Å². The zero-order valence-corrected chi connectivity index (χ0v) is 9.15. The topological polar surface area (TPSA) is 18.5 Å². The first-order valence-corrected chi connectivity index (χ1v) is 4.59. The van der Waals surface area contributed by atoms with Gasteiger partial charge in [0.05, 0.1) is 9.50 Å². The summed E-state index contributed by atoms with van der Waals surface area (Å²) < 4.78 is 22.9. The van der Waals surface area contributed by atoms with Gasteiger partial charge in [-0.1, -0.05) is 11.6 Å². The SMILES string of the molecule is COCOc1c(Cl)ccc(F)c1Br. The van der Waals surface area contributed by atoms with Crippen molar-refractivity contribution in [2.24, 2.45) is 0 Å². The predicted octanol–water partition coefficient (Wildman–Crippen LogP) is 3.22. The van der Waals surface area contributed by atoms with Crippen molar-refractivity contribution < 1.29 is 13.9 Å². The third kappa shape index (κ3) is 2.56. The van der Waals surface area contributed by atoms with Crippen LogP contribution in [0.25, 0.3) is 0 Å². The van der Waals surface area contributed by atoms with Crippen LogP contribution in [0.2, 0.25) is 5.02 Å². The number of halogens is 3. The molecule has 0 radical (unpaired) electrons. The van der Waals surface area contributed by atoms with Crippen molar-refractivity contribution in [3.8, 4) is 5.75 Å². The van der Waals surface area contributed by atoms with Crippen molar-refractivity contribution >= 4 is 27.5 Å². The van der Waals surface area contributed by atoms with Gasteiger partial charge in [-0.05, 0) is 28.1 Å². The van der Waals surface area contributed by atoms with Crippen molar-refractivity contribution in [1.29, 1.82) is 0 Å². The van der Waals surface area contributed by atoms with Gasteiger partial charge in [0.25, 0.3) is 0 Å². The molecule has 1 aromatic carbocycles. The van der Waals surface area contributed by atoms with E-state index in [1.807, 2.05) is 0 Å². The summed E-state index contributed by atoms with van der Waals surface area (Å²) in [7, 11) is 1.47. The Morgan fingerprint density at radius 3 is 2.85 bits per heavy atom. The van der Waals surface area contributed by atoms with Gasteiger partial charge >= 0.3 is 0 Å². The van der Waals surface area contributed by atoms with Gasteiger partial charge in [0.2, 0.25) is 0 Å². The molecule has 0 spiro atoms. The van der Waals surface area contributed by atoms with Gasteiger partial charge in [0, 0.05) is 7.11 Å². The van der Waals surface area contributed by atoms with Crippen LogP contribution < -0.4 is 4.74 Å². The van der Waals surface area contributed by atoms with Gasteiger partial charge in [-0.3, -0.25) is 0 Å². The minimum atomic E-state index is -0.421. The fraction of sp³-hybridized carbons (Fsp3) is 0.250. The third-order valence-electron chi connectivity index (χ3n) is 1.32. The molecule has 5 heteroatoms. The highest BCUT2D eigenvalue weighted by molar-refractivity contribution is 9.10. The Kier molecular flexibility index (Phi) is 3.96. The summed E-state index contributed by atoms with van der Waals surface area (Å²) in [6.07, 6.45) is 0. The average molecular weight is 269 g/mol. The van der Waals surface area contributed by atoms with Crippen molar-refractivity contribution in [2.45, 2.75) is 0 Å². The molecule has 0 saturated carbocycles. The Balaban J connectivity index is 2.96. The largest absolute Gasteiger partial charge is 0.465 e. The summed E-state index contributed by atoms with van der Waals surface area (Å²) in [5, 5.41) is 0.338. The molecule has 0 bridgehead atoms. The number of rotatable bonds is 3. The van der Waals surface area contributed by atoms with E-state index >= 15 is 0 Å². The van der Waals surface area contributed by atoms with E-state index < -0.39 is 5.82 Å². The second-order valence-corrected chi connectivity index (χ2v) is 3.42. The summed E-state index contributed by atoms with van der Waals surface area (Å²) in [5.74, 6) is -0.168. The monoisotopic (exact) mass is 268 g/mol. The quantitative estimate of drug-likeness (QED) is 0.619. The standard InChI is InChI=1S/C8H7BrClFO2/c1-12-4-13-8-5(10)2-3-6(11)7(8)9/h2-3H,4H2,1H3. The zero-order valence-electron chi connectivity index (χ0n) is 6.81. The molecule has 0 aliphatic rings. The van der Waals surface area contributed by atoms with Gasteiger partial charge in [-0.25, -0.2) is 4.39 Å². The number of hydrogen-bond donors (Lipinski definition) is 0. The average Bonchev–Trinajstić information content (AvgIpc) is 2.12. The Labute approximate surface area is 88.7 Å². The fourth-order valence-corrected chi connectivity index (χ4v) is 1.55. The maximum Gasteiger partial charge on any atom is 0.188 e. The van der Waals surface area contributed by atoms with Crippen LogP contribution in [-0.2, 0) is 4.74 Å². The van der Waals surface area contributed by atoms with Crippen LogP contribution in [0.4, 0.5) is 4.39 Å². The lowest BCUT2D eigenvalue weighted by Crippen LogP contribution is -2.00. The smallest absolute Gasteiger partial charge is 0.188 e. The summed E-state index contributed by atoms with van der Waals surface area (Å²) in [4.78, 5) is 0. The highest BCUT2D eigenvalue weighted by atomic mass is 79.9. The molecule has 0 unspecified atom stereocenters. The lowest BCUT2D eigenvalue weighted by Gasteiger charge is -2.08. The van der Waals surface area contributed by atoms with E-state index in [-0.39, 0.29) is 17.0 Å². The van der Waals surface area contributed by atoms with Gasteiger partial charge in [0.1, 0.15) is 5.82 Å². The maximum absolute atomic E-state index is 13.0. The molecule has 0 N–H and O–H groups in total. The van der Waals surface area contributed by atoms with Crippen LogP contribution in [0.3, 0.4) is 0 Å². The maximum atomic E-state index is 13.0. The molecule has 0 aliphatic heterocycles. The molecule has 0 aliphatic carbocycles. The van der Waals surface area contributed by atoms with Gasteiger partial charge in [-0.15, -0.1) is 0 Å². The molecular formula is C8H7BrClFO2. The molecular weight excluding hydrogens is 262 g/mol. The molecule has 1 aromatic rings. The molecule has 0 atom stereocenters. The van der Waals surface area contributed by atoms with Crippen LogP contribution in [0.1, 0.15) is 0 Å². The minimum absolute atomic E-state index is 0.0295. The molecule has 72 valence electrons. The Morgan fingerprint density at radius 1 is 1.54 bits per heavy atom. The highest BCUT2D eigenvalue weighted by Gasteiger charge is 2.10. The molecule has 0 aromatic heterocycles. The van der Waals surface area contributed by atoms with Crippen molar-refractivity contribution in [2.75, 3.05) is 13.9 Å². The lowest BCUT2D eigenvalue weighted by atomic mass is 10.3.